The summed E-state index contributed by atoms with van der Waals surface area (Å²) in [4.78, 5) is 0. The predicted octanol–water partition coefficient (Wildman–Crippen LogP) is 6.96. The van der Waals surface area contributed by atoms with Crippen molar-refractivity contribution in [3.63, 3.8) is 0 Å². The lowest BCUT2D eigenvalue weighted by atomic mass is 9.78. The van der Waals surface area contributed by atoms with Crippen molar-refractivity contribution in [1.82, 2.24) is 0 Å². The number of halogens is 3. The van der Waals surface area contributed by atoms with Gasteiger partial charge in [0, 0.05) is 6.08 Å². The number of alkyl halides is 3. The first-order valence-electron chi connectivity index (χ1n) is 9.85. The Morgan fingerprint density at radius 2 is 1.63 bits per heavy atom. The molecule has 1 fully saturated rings. The number of rotatable bonds is 9. The first kappa shape index (κ1) is 21.3. The molecule has 0 radical (unpaired) electrons. The van der Waals surface area contributed by atoms with E-state index in [-0.39, 0.29) is 5.75 Å². The van der Waals surface area contributed by atoms with Crippen LogP contribution in [0.1, 0.15) is 63.4 Å². The van der Waals surface area contributed by atoms with Crippen LogP contribution in [0.15, 0.2) is 36.4 Å². The van der Waals surface area contributed by atoms with E-state index >= 15 is 0 Å². The second-order valence-corrected chi connectivity index (χ2v) is 7.43. The molecule has 2 rings (SSSR count). The molecule has 0 N–H and O–H groups in total. The van der Waals surface area contributed by atoms with Gasteiger partial charge in [0.05, 0.1) is 6.07 Å². The molecule has 0 aromatic heterocycles. The fourth-order valence-corrected chi connectivity index (χ4v) is 3.90. The molecule has 27 heavy (non-hydrogen) atoms. The summed E-state index contributed by atoms with van der Waals surface area (Å²) >= 11 is 0. The third-order valence-corrected chi connectivity index (χ3v) is 5.39. The number of hydrogen-bond acceptors (Lipinski definition) is 2. The Kier molecular flexibility index (Phi) is 8.71. The third-order valence-electron chi connectivity index (χ3n) is 5.39. The van der Waals surface area contributed by atoms with Gasteiger partial charge in [-0.15, -0.1) is 13.2 Å². The quantitative estimate of drug-likeness (QED) is 0.343. The van der Waals surface area contributed by atoms with Crippen molar-refractivity contribution < 1.29 is 17.9 Å². The van der Waals surface area contributed by atoms with Gasteiger partial charge in [-0.3, -0.25) is 0 Å². The van der Waals surface area contributed by atoms with Gasteiger partial charge in [0.1, 0.15) is 5.75 Å². The van der Waals surface area contributed by atoms with Gasteiger partial charge in [0.15, 0.2) is 0 Å². The first-order chi connectivity index (χ1) is 13.0. The molecule has 1 aromatic rings. The molecular weight excluding hydrogens is 351 g/mol. The Hall–Kier alpha value is -1.96. The van der Waals surface area contributed by atoms with Gasteiger partial charge in [0.25, 0.3) is 0 Å². The number of nitriles is 1. The highest BCUT2D eigenvalue weighted by Gasteiger charge is 2.30. The molecule has 5 heteroatoms. The van der Waals surface area contributed by atoms with Crippen LogP contribution in [0.25, 0.3) is 0 Å². The van der Waals surface area contributed by atoms with E-state index in [4.69, 9.17) is 5.26 Å². The van der Waals surface area contributed by atoms with Gasteiger partial charge < -0.3 is 4.74 Å². The lowest BCUT2D eigenvalue weighted by molar-refractivity contribution is -0.274. The van der Waals surface area contributed by atoms with Crippen LogP contribution in [0.5, 0.6) is 5.75 Å². The lowest BCUT2D eigenvalue weighted by Gasteiger charge is -2.28. The maximum absolute atomic E-state index is 12.1. The number of benzene rings is 1. The molecule has 1 aromatic carbocycles. The normalized spacial score (nSPS) is 20.5. The molecule has 1 saturated carbocycles. The summed E-state index contributed by atoms with van der Waals surface area (Å²) in [5.41, 5.74) is 1.05. The van der Waals surface area contributed by atoms with E-state index in [1.165, 1.54) is 57.1 Å². The van der Waals surface area contributed by atoms with E-state index in [0.29, 0.717) is 0 Å². The van der Waals surface area contributed by atoms with Crippen LogP contribution < -0.4 is 4.74 Å². The second kappa shape index (κ2) is 11.0. The fourth-order valence-electron chi connectivity index (χ4n) is 3.90. The molecule has 148 valence electrons. The average Bonchev–Trinajstić information content (AvgIpc) is 2.63. The van der Waals surface area contributed by atoms with Crippen LogP contribution in [0.4, 0.5) is 13.2 Å². The molecule has 0 atom stereocenters. The van der Waals surface area contributed by atoms with Crippen molar-refractivity contribution >= 4 is 0 Å². The third kappa shape index (κ3) is 8.99. The van der Waals surface area contributed by atoms with Crippen LogP contribution in [0.2, 0.25) is 0 Å². The smallest absolute Gasteiger partial charge is 0.406 e. The fraction of sp³-hybridized carbons (Fsp3) is 0.591. The molecule has 1 aliphatic rings. The molecule has 0 saturated heterocycles. The van der Waals surface area contributed by atoms with Gasteiger partial charge in [-0.05, 0) is 55.2 Å². The van der Waals surface area contributed by atoms with Crippen molar-refractivity contribution in [3.05, 3.63) is 42.0 Å². The van der Waals surface area contributed by atoms with E-state index in [1.54, 1.807) is 18.2 Å². The Balaban J connectivity index is 1.57. The molecule has 0 bridgehead atoms. The molecular formula is C22H28F3NO. The number of hydrogen-bond donors (Lipinski definition) is 0. The number of ether oxygens (including phenoxy) is 1. The number of nitrogens with zero attached hydrogens (tertiary/aromatic N) is 1. The largest absolute Gasteiger partial charge is 0.573 e. The zero-order valence-electron chi connectivity index (χ0n) is 15.7. The van der Waals surface area contributed by atoms with Crippen molar-refractivity contribution in [2.24, 2.45) is 11.8 Å². The SMILES string of the molecule is N#C/C=C/CC[C@H]1CC[C@H](CCCCc2ccc(OC(F)(F)F)cc2)CC1. The molecule has 0 unspecified atom stereocenters. The average molecular weight is 379 g/mol. The van der Waals surface area contributed by atoms with E-state index in [2.05, 4.69) is 4.74 Å². The summed E-state index contributed by atoms with van der Waals surface area (Å²) in [6, 6.07) is 8.23. The maximum atomic E-state index is 12.1. The van der Waals surface area contributed by atoms with Gasteiger partial charge in [0.2, 0.25) is 0 Å². The topological polar surface area (TPSA) is 33.0 Å². The van der Waals surface area contributed by atoms with Crippen LogP contribution in [0, 0.1) is 23.2 Å². The van der Waals surface area contributed by atoms with Crippen molar-refractivity contribution in [2.75, 3.05) is 0 Å². The summed E-state index contributed by atoms with van der Waals surface area (Å²) in [7, 11) is 0. The summed E-state index contributed by atoms with van der Waals surface area (Å²) < 4.78 is 40.3. The minimum atomic E-state index is -4.63. The molecule has 1 aliphatic carbocycles. The number of aryl methyl sites for hydroxylation is 1. The van der Waals surface area contributed by atoms with Gasteiger partial charge in [-0.25, -0.2) is 0 Å². The maximum Gasteiger partial charge on any atom is 0.573 e. The van der Waals surface area contributed by atoms with E-state index in [0.717, 1.165) is 36.7 Å². The Morgan fingerprint density at radius 1 is 1.00 bits per heavy atom. The molecule has 2 nitrogen and oxygen atoms in total. The predicted molar refractivity (Wildman–Crippen MR) is 100 cm³/mol. The van der Waals surface area contributed by atoms with E-state index in [9.17, 15) is 13.2 Å². The molecule has 0 aliphatic heterocycles. The highest BCUT2D eigenvalue weighted by atomic mass is 19.4. The van der Waals surface area contributed by atoms with Crippen molar-refractivity contribution in [3.8, 4) is 11.8 Å². The van der Waals surface area contributed by atoms with Gasteiger partial charge in [-0.1, -0.05) is 56.7 Å². The standard InChI is InChI=1S/C22H28F3NO/c23-22(24,25)27-21-15-13-20(14-16-21)8-4-3-7-19-11-9-18(10-12-19)6-2-1-5-17-26/h1,5,13-16,18-19H,2-4,6-12H2/b5-1+/t18-,19-. The van der Waals surface area contributed by atoms with Crippen LogP contribution in [-0.4, -0.2) is 6.36 Å². The molecule has 0 spiro atoms. The van der Waals surface area contributed by atoms with E-state index < -0.39 is 6.36 Å². The molecule has 0 heterocycles. The van der Waals surface area contributed by atoms with E-state index in [1.807, 2.05) is 12.1 Å². The van der Waals surface area contributed by atoms with Crippen LogP contribution in [0.3, 0.4) is 0 Å². The first-order valence-corrected chi connectivity index (χ1v) is 9.85. The monoisotopic (exact) mass is 379 g/mol. The van der Waals surface area contributed by atoms with Gasteiger partial charge in [-0.2, -0.15) is 5.26 Å². The minimum Gasteiger partial charge on any atom is -0.406 e. The van der Waals surface area contributed by atoms with Crippen LogP contribution in [-0.2, 0) is 6.42 Å². The van der Waals surface area contributed by atoms with Crippen molar-refractivity contribution in [1.29, 1.82) is 5.26 Å². The van der Waals surface area contributed by atoms with Crippen molar-refractivity contribution in [2.45, 2.75) is 70.6 Å². The Bertz CT molecular complexity index is 608. The van der Waals surface area contributed by atoms with Gasteiger partial charge >= 0.3 is 6.36 Å². The second-order valence-electron chi connectivity index (χ2n) is 7.43. The summed E-state index contributed by atoms with van der Waals surface area (Å²) in [5.74, 6) is 1.46. The summed E-state index contributed by atoms with van der Waals surface area (Å²) in [6.45, 7) is 0. The Labute approximate surface area is 160 Å². The van der Waals surface area contributed by atoms with Crippen LogP contribution >= 0.6 is 0 Å². The number of unbranched alkanes of at least 4 members (excludes halogenated alkanes) is 1. The summed E-state index contributed by atoms with van der Waals surface area (Å²) in [5, 5.41) is 8.48. The Morgan fingerprint density at radius 3 is 2.22 bits per heavy atom. The summed E-state index contributed by atoms with van der Waals surface area (Å²) in [6.07, 6.45) is 10.7. The highest BCUT2D eigenvalue weighted by Crippen LogP contribution is 2.34. The minimum absolute atomic E-state index is 0.161. The molecule has 0 amide bonds. The zero-order chi connectivity index (χ0) is 19.5. The lowest BCUT2D eigenvalue weighted by Crippen LogP contribution is -2.17. The highest BCUT2D eigenvalue weighted by molar-refractivity contribution is 5.27. The number of allylic oxidation sites excluding steroid dienone is 2. The zero-order valence-corrected chi connectivity index (χ0v) is 15.7.